The fourth-order valence-corrected chi connectivity index (χ4v) is 9.23. The van der Waals surface area contributed by atoms with Crippen molar-refractivity contribution in [1.82, 2.24) is 4.90 Å². The van der Waals surface area contributed by atoms with Gasteiger partial charge < -0.3 is 24.2 Å². The number of carbonyl (C=O) groups excluding carboxylic acids is 2. The van der Waals surface area contributed by atoms with Gasteiger partial charge in [-0.2, -0.15) is 0 Å². The van der Waals surface area contributed by atoms with E-state index >= 15 is 4.11 Å². The Bertz CT molecular complexity index is 1190. The van der Waals surface area contributed by atoms with Gasteiger partial charge in [-0.1, -0.05) is 47.1 Å². The van der Waals surface area contributed by atoms with E-state index in [1.165, 1.54) is 0 Å². The first-order valence-corrected chi connectivity index (χ1v) is 15.8. The SMILES string of the molecule is C[C@H]1[C@H]([Si](C)(C)F)[C@@H](CC(=O)N2Cc3ccccc3C[C@H]2CO)O[C@]12C(=O)Nc1ccc(Br)cc12. The molecule has 1 spiro atoms. The third-order valence-electron chi connectivity index (χ3n) is 7.94. The second-order valence-corrected chi connectivity index (χ2v) is 15.2. The van der Waals surface area contributed by atoms with E-state index in [9.17, 15) is 14.7 Å². The van der Waals surface area contributed by atoms with E-state index in [0.717, 1.165) is 15.6 Å². The monoisotopic (exact) mass is 560 g/mol. The molecule has 3 aliphatic heterocycles. The van der Waals surface area contributed by atoms with E-state index in [1.807, 2.05) is 49.4 Å². The maximum atomic E-state index is 15.8. The Labute approximate surface area is 214 Å². The van der Waals surface area contributed by atoms with Crippen molar-refractivity contribution in [2.24, 2.45) is 5.92 Å². The molecule has 0 aromatic heterocycles. The number of rotatable bonds is 4. The Balaban J connectivity index is 1.47. The Morgan fingerprint density at radius 3 is 2.69 bits per heavy atom. The van der Waals surface area contributed by atoms with Crippen LogP contribution in [-0.2, 0) is 32.9 Å². The Morgan fingerprint density at radius 1 is 1.29 bits per heavy atom. The molecule has 35 heavy (non-hydrogen) atoms. The summed E-state index contributed by atoms with van der Waals surface area (Å²) >= 11 is 3.48. The molecule has 0 saturated carbocycles. The van der Waals surface area contributed by atoms with E-state index in [-0.39, 0.29) is 30.9 Å². The Hall–Kier alpha value is -2.07. The number of halogens is 2. The average molecular weight is 562 g/mol. The van der Waals surface area contributed by atoms with Crippen molar-refractivity contribution < 1.29 is 23.5 Å². The lowest BCUT2D eigenvalue weighted by molar-refractivity contribution is -0.149. The second-order valence-electron chi connectivity index (χ2n) is 10.4. The van der Waals surface area contributed by atoms with Gasteiger partial charge in [0.05, 0.1) is 25.2 Å². The van der Waals surface area contributed by atoms with Crippen LogP contribution in [0.4, 0.5) is 9.80 Å². The van der Waals surface area contributed by atoms with Gasteiger partial charge in [-0.15, -0.1) is 0 Å². The molecule has 2 aromatic carbocycles. The van der Waals surface area contributed by atoms with Gasteiger partial charge in [0.15, 0.2) is 5.60 Å². The first kappa shape index (κ1) is 24.6. The molecule has 0 radical (unpaired) electrons. The predicted octanol–water partition coefficient (Wildman–Crippen LogP) is 4.51. The Morgan fingerprint density at radius 2 is 2.00 bits per heavy atom. The maximum absolute atomic E-state index is 15.8. The molecule has 0 unspecified atom stereocenters. The molecular weight excluding hydrogens is 531 g/mol. The summed E-state index contributed by atoms with van der Waals surface area (Å²) in [5.41, 5.74) is 1.63. The van der Waals surface area contributed by atoms with Crippen molar-refractivity contribution in [2.75, 3.05) is 11.9 Å². The molecule has 6 nitrogen and oxygen atoms in total. The highest BCUT2D eigenvalue weighted by molar-refractivity contribution is 9.10. The van der Waals surface area contributed by atoms with Gasteiger partial charge >= 0.3 is 0 Å². The molecule has 2 N–H and O–H groups in total. The fraction of sp³-hybridized carbons (Fsp3) is 0.462. The molecule has 9 heteroatoms. The largest absolute Gasteiger partial charge is 0.394 e. The summed E-state index contributed by atoms with van der Waals surface area (Å²) in [4.78, 5) is 28.6. The van der Waals surface area contributed by atoms with Crippen molar-refractivity contribution >= 4 is 41.8 Å². The van der Waals surface area contributed by atoms with Crippen molar-refractivity contribution in [1.29, 1.82) is 0 Å². The molecule has 1 saturated heterocycles. The zero-order valence-corrected chi connectivity index (χ0v) is 22.6. The normalized spacial score (nSPS) is 29.8. The van der Waals surface area contributed by atoms with Crippen LogP contribution in [0.5, 0.6) is 0 Å². The number of hydrogen-bond acceptors (Lipinski definition) is 4. The molecule has 3 aliphatic rings. The summed E-state index contributed by atoms with van der Waals surface area (Å²) in [7, 11) is -3.34. The van der Waals surface area contributed by atoms with E-state index in [2.05, 4.69) is 21.2 Å². The lowest BCUT2D eigenvalue weighted by atomic mass is 9.82. The van der Waals surface area contributed by atoms with Crippen LogP contribution in [0.2, 0.25) is 18.6 Å². The number of hydrogen-bond donors (Lipinski definition) is 2. The smallest absolute Gasteiger partial charge is 0.261 e. The minimum atomic E-state index is -3.34. The zero-order chi connectivity index (χ0) is 25.1. The predicted molar refractivity (Wildman–Crippen MR) is 137 cm³/mol. The number of benzene rings is 2. The van der Waals surface area contributed by atoms with Crippen molar-refractivity contribution in [3.8, 4) is 0 Å². The van der Waals surface area contributed by atoms with Gasteiger partial charge in [0.2, 0.25) is 14.3 Å². The lowest BCUT2D eigenvalue weighted by Crippen LogP contribution is -2.48. The summed E-state index contributed by atoms with van der Waals surface area (Å²) in [6, 6.07) is 13.1. The molecule has 5 rings (SSSR count). The zero-order valence-electron chi connectivity index (χ0n) is 20.1. The molecule has 1 fully saturated rings. The van der Waals surface area contributed by atoms with Crippen LogP contribution < -0.4 is 5.32 Å². The second kappa shape index (κ2) is 8.79. The standard InChI is InChI=1S/C26H30BrFN2O4Si/c1-15-24(35(2,3)28)22(34-26(15)20-11-18(27)8-9-21(20)29-25(26)33)12-23(32)30-13-17-7-5-4-6-16(17)10-19(30)14-31/h4-9,11,15,19,22,24,31H,10,12-14H2,1-3H3,(H,29,33)/t15-,19-,22+,24-,26+/m0/s1. The summed E-state index contributed by atoms with van der Waals surface area (Å²) in [5.74, 6) is -0.946. The van der Waals surface area contributed by atoms with Crippen molar-refractivity contribution in [3.05, 3.63) is 63.6 Å². The summed E-state index contributed by atoms with van der Waals surface area (Å²) in [6.07, 6.45) is -0.205. The molecule has 2 aromatic rings. The van der Waals surface area contributed by atoms with Crippen molar-refractivity contribution in [2.45, 2.75) is 62.7 Å². The topological polar surface area (TPSA) is 78.9 Å². The number of nitrogens with one attached hydrogen (secondary N) is 1. The first-order valence-electron chi connectivity index (χ1n) is 12.0. The molecule has 3 heterocycles. The van der Waals surface area contributed by atoms with Crippen LogP contribution in [0, 0.1) is 5.92 Å². The van der Waals surface area contributed by atoms with Crippen LogP contribution in [0.1, 0.15) is 30.0 Å². The Kier molecular flexibility index (Phi) is 6.18. The molecule has 0 aliphatic carbocycles. The van der Waals surface area contributed by atoms with Gasteiger partial charge in [0.25, 0.3) is 5.91 Å². The van der Waals surface area contributed by atoms with Crippen LogP contribution in [0.3, 0.4) is 0 Å². The van der Waals surface area contributed by atoms with E-state index in [4.69, 9.17) is 4.74 Å². The minimum absolute atomic E-state index is 0.0353. The molecule has 5 atom stereocenters. The minimum Gasteiger partial charge on any atom is -0.394 e. The fourth-order valence-electron chi connectivity index (χ4n) is 6.37. The highest BCUT2D eigenvalue weighted by Crippen LogP contribution is 2.59. The summed E-state index contributed by atoms with van der Waals surface area (Å²) in [6.45, 7) is 5.35. The van der Waals surface area contributed by atoms with E-state index < -0.39 is 31.6 Å². The number of aliphatic hydroxyl groups excluding tert-OH is 1. The molecular formula is C26H30BrFN2O4Si. The molecule has 2 amide bonds. The van der Waals surface area contributed by atoms with Gasteiger partial charge in [-0.25, -0.2) is 0 Å². The average Bonchev–Trinajstić information content (AvgIpc) is 3.26. The maximum Gasteiger partial charge on any atom is 0.261 e. The summed E-state index contributed by atoms with van der Waals surface area (Å²) < 4.78 is 23.1. The molecule has 186 valence electrons. The number of ether oxygens (including phenoxy) is 1. The quantitative estimate of drug-likeness (QED) is 0.426. The number of nitrogens with zero attached hydrogens (tertiary/aromatic N) is 1. The number of amides is 2. The highest BCUT2D eigenvalue weighted by Gasteiger charge is 2.65. The summed E-state index contributed by atoms with van der Waals surface area (Å²) in [5, 5.41) is 12.9. The third kappa shape index (κ3) is 3.96. The highest BCUT2D eigenvalue weighted by atomic mass is 79.9. The van der Waals surface area contributed by atoms with Gasteiger partial charge in [-0.3, -0.25) is 9.59 Å². The third-order valence-corrected chi connectivity index (χ3v) is 10.9. The van der Waals surface area contributed by atoms with Crippen LogP contribution in [0.15, 0.2) is 46.9 Å². The van der Waals surface area contributed by atoms with E-state index in [0.29, 0.717) is 24.2 Å². The van der Waals surface area contributed by atoms with Gasteiger partial charge in [0, 0.05) is 33.7 Å². The number of carbonyl (C=O) groups is 2. The van der Waals surface area contributed by atoms with Crippen LogP contribution in [-0.4, -0.2) is 49.0 Å². The molecule has 0 bridgehead atoms. The van der Waals surface area contributed by atoms with Crippen LogP contribution in [0.25, 0.3) is 0 Å². The van der Waals surface area contributed by atoms with E-state index in [1.54, 1.807) is 18.0 Å². The number of fused-ring (bicyclic) bond motifs is 3. The first-order chi connectivity index (χ1) is 16.6. The number of aliphatic hydroxyl groups is 1. The lowest BCUT2D eigenvalue weighted by Gasteiger charge is -2.37. The van der Waals surface area contributed by atoms with Crippen molar-refractivity contribution in [3.63, 3.8) is 0 Å². The van der Waals surface area contributed by atoms with Gasteiger partial charge in [0.1, 0.15) is 0 Å². The number of anilines is 1. The van der Waals surface area contributed by atoms with Gasteiger partial charge in [-0.05, 0) is 48.8 Å². The van der Waals surface area contributed by atoms with Crippen LogP contribution >= 0.6 is 15.9 Å².